The summed E-state index contributed by atoms with van der Waals surface area (Å²) in [5.74, 6) is -3.20. The SMILES string of the molecule is CCc1ccc(-c2c(C)sc(NC(=O)[C@H]3CCCC[C@H]3C(=O)O)c2C(N)=O)cc1. The van der Waals surface area contributed by atoms with Crippen LogP contribution in [0.5, 0.6) is 0 Å². The van der Waals surface area contributed by atoms with E-state index in [0.29, 0.717) is 17.8 Å². The van der Waals surface area contributed by atoms with Crippen molar-refractivity contribution >= 4 is 34.1 Å². The van der Waals surface area contributed by atoms with Gasteiger partial charge in [0.1, 0.15) is 5.00 Å². The Morgan fingerprint density at radius 2 is 1.76 bits per heavy atom. The van der Waals surface area contributed by atoms with E-state index < -0.39 is 23.7 Å². The van der Waals surface area contributed by atoms with Gasteiger partial charge in [0.15, 0.2) is 0 Å². The minimum atomic E-state index is -0.945. The molecule has 0 unspecified atom stereocenters. The van der Waals surface area contributed by atoms with E-state index in [1.54, 1.807) is 0 Å². The summed E-state index contributed by atoms with van der Waals surface area (Å²) in [6.45, 7) is 3.96. The van der Waals surface area contributed by atoms with Gasteiger partial charge in [-0.15, -0.1) is 11.3 Å². The molecule has 154 valence electrons. The summed E-state index contributed by atoms with van der Waals surface area (Å²) in [6.07, 6.45) is 3.57. The minimum absolute atomic E-state index is 0.285. The predicted octanol–water partition coefficient (Wildman–Crippen LogP) is 4.21. The molecule has 0 bridgehead atoms. The third-order valence-corrected chi connectivity index (χ3v) is 6.66. The van der Waals surface area contributed by atoms with Gasteiger partial charge in [-0.05, 0) is 37.3 Å². The molecule has 2 aromatic rings. The van der Waals surface area contributed by atoms with Crippen molar-refractivity contribution in [1.82, 2.24) is 0 Å². The van der Waals surface area contributed by atoms with Crippen molar-refractivity contribution in [3.63, 3.8) is 0 Å². The highest BCUT2D eigenvalue weighted by molar-refractivity contribution is 7.17. The standard InChI is InChI=1S/C22H26N2O4S/c1-3-13-8-10-14(11-9-13)17-12(2)29-21(18(17)19(23)25)24-20(26)15-6-4-5-7-16(15)22(27)28/h8-11,15-16H,3-7H2,1-2H3,(H2,23,25)(H,24,26)(H,27,28)/t15-,16+/m0/s1. The lowest BCUT2D eigenvalue weighted by atomic mass is 9.78. The Morgan fingerprint density at radius 3 is 2.31 bits per heavy atom. The number of anilines is 1. The number of aliphatic carboxylic acids is 1. The van der Waals surface area contributed by atoms with Gasteiger partial charge in [-0.2, -0.15) is 0 Å². The maximum Gasteiger partial charge on any atom is 0.307 e. The van der Waals surface area contributed by atoms with Crippen LogP contribution in [0.4, 0.5) is 5.00 Å². The molecule has 1 aromatic carbocycles. The molecule has 1 heterocycles. The summed E-state index contributed by atoms with van der Waals surface area (Å²) >= 11 is 1.30. The molecule has 1 aliphatic carbocycles. The maximum absolute atomic E-state index is 12.9. The predicted molar refractivity (Wildman–Crippen MR) is 114 cm³/mol. The van der Waals surface area contributed by atoms with E-state index >= 15 is 0 Å². The largest absolute Gasteiger partial charge is 0.481 e. The zero-order valence-corrected chi connectivity index (χ0v) is 17.5. The molecule has 0 radical (unpaired) electrons. The van der Waals surface area contributed by atoms with Gasteiger partial charge in [0.2, 0.25) is 5.91 Å². The first-order valence-corrected chi connectivity index (χ1v) is 10.7. The summed E-state index contributed by atoms with van der Waals surface area (Å²) in [5.41, 5.74) is 8.74. The van der Waals surface area contributed by atoms with E-state index in [-0.39, 0.29) is 11.5 Å². The number of thiophene rings is 1. The first-order chi connectivity index (χ1) is 13.8. The molecule has 0 saturated heterocycles. The fraction of sp³-hybridized carbons (Fsp3) is 0.409. The summed E-state index contributed by atoms with van der Waals surface area (Å²) in [4.78, 5) is 37.6. The van der Waals surface area contributed by atoms with E-state index in [2.05, 4.69) is 12.2 Å². The molecule has 3 rings (SSSR count). The molecule has 0 aliphatic heterocycles. The average Bonchev–Trinajstić information content (AvgIpc) is 3.03. The fourth-order valence-electron chi connectivity index (χ4n) is 4.07. The third kappa shape index (κ3) is 4.34. The van der Waals surface area contributed by atoms with Crippen molar-refractivity contribution in [1.29, 1.82) is 0 Å². The Morgan fingerprint density at radius 1 is 1.14 bits per heavy atom. The van der Waals surface area contributed by atoms with Crippen LogP contribution >= 0.6 is 11.3 Å². The van der Waals surface area contributed by atoms with E-state index in [9.17, 15) is 19.5 Å². The van der Waals surface area contributed by atoms with E-state index in [1.807, 2.05) is 31.2 Å². The quantitative estimate of drug-likeness (QED) is 0.657. The van der Waals surface area contributed by atoms with Crippen LogP contribution in [0.2, 0.25) is 0 Å². The molecule has 2 atom stereocenters. The summed E-state index contributed by atoms with van der Waals surface area (Å²) in [5, 5.41) is 12.7. The second kappa shape index (κ2) is 8.78. The molecule has 29 heavy (non-hydrogen) atoms. The monoisotopic (exact) mass is 414 g/mol. The normalized spacial score (nSPS) is 19.0. The number of carbonyl (C=O) groups excluding carboxylic acids is 2. The molecule has 7 heteroatoms. The minimum Gasteiger partial charge on any atom is -0.481 e. The van der Waals surface area contributed by atoms with Crippen molar-refractivity contribution < 1.29 is 19.5 Å². The molecular weight excluding hydrogens is 388 g/mol. The van der Waals surface area contributed by atoms with Crippen LogP contribution in [0.1, 0.15) is 53.4 Å². The summed E-state index contributed by atoms with van der Waals surface area (Å²) in [6, 6.07) is 7.92. The van der Waals surface area contributed by atoms with Crippen LogP contribution in [-0.4, -0.2) is 22.9 Å². The smallest absolute Gasteiger partial charge is 0.307 e. The molecule has 0 spiro atoms. The first kappa shape index (κ1) is 21.0. The molecule has 1 aliphatic rings. The highest BCUT2D eigenvalue weighted by Gasteiger charge is 2.36. The number of aryl methyl sites for hydroxylation is 2. The Labute approximate surface area is 174 Å². The Bertz CT molecular complexity index is 933. The number of hydrogen-bond donors (Lipinski definition) is 3. The second-order valence-electron chi connectivity index (χ2n) is 7.48. The number of rotatable bonds is 6. The topological polar surface area (TPSA) is 109 Å². The zero-order chi connectivity index (χ0) is 21.1. The number of nitrogens with one attached hydrogen (secondary N) is 1. The number of nitrogens with two attached hydrogens (primary N) is 1. The van der Waals surface area contributed by atoms with Gasteiger partial charge in [-0.25, -0.2) is 0 Å². The first-order valence-electron chi connectivity index (χ1n) is 9.89. The summed E-state index contributed by atoms with van der Waals surface area (Å²) < 4.78 is 0. The number of carboxylic acid groups (broad SMARTS) is 1. The lowest BCUT2D eigenvalue weighted by Crippen LogP contribution is -2.36. The van der Waals surface area contributed by atoms with Crippen LogP contribution in [0.15, 0.2) is 24.3 Å². The number of benzene rings is 1. The molecule has 6 nitrogen and oxygen atoms in total. The third-order valence-electron chi connectivity index (χ3n) is 5.64. The molecule has 1 fully saturated rings. The van der Waals surface area contributed by atoms with Crippen LogP contribution in [0, 0.1) is 18.8 Å². The van der Waals surface area contributed by atoms with Gasteiger partial charge in [0, 0.05) is 10.4 Å². The zero-order valence-electron chi connectivity index (χ0n) is 16.7. The number of carboxylic acids is 1. The van der Waals surface area contributed by atoms with Crippen molar-refractivity contribution in [2.24, 2.45) is 17.6 Å². The van der Waals surface area contributed by atoms with Gasteiger partial charge >= 0.3 is 5.97 Å². The van der Waals surface area contributed by atoms with E-state index in [1.165, 1.54) is 16.9 Å². The highest BCUT2D eigenvalue weighted by Crippen LogP contribution is 2.41. The molecule has 4 N–H and O–H groups in total. The Kier molecular flexibility index (Phi) is 6.37. The molecule has 2 amide bonds. The number of hydrogen-bond acceptors (Lipinski definition) is 4. The molecular formula is C22H26N2O4S. The fourth-order valence-corrected chi connectivity index (χ4v) is 5.15. The van der Waals surface area contributed by atoms with Crippen molar-refractivity contribution in [3.8, 4) is 11.1 Å². The van der Waals surface area contributed by atoms with Gasteiger partial charge in [0.25, 0.3) is 5.91 Å². The molecule has 1 aromatic heterocycles. The van der Waals surface area contributed by atoms with Gasteiger partial charge in [0.05, 0.1) is 17.4 Å². The number of primary amides is 1. The van der Waals surface area contributed by atoms with Gasteiger partial charge in [-0.3, -0.25) is 14.4 Å². The lowest BCUT2D eigenvalue weighted by molar-refractivity contribution is -0.147. The number of amides is 2. The Balaban J connectivity index is 1.94. The highest BCUT2D eigenvalue weighted by atomic mass is 32.1. The van der Waals surface area contributed by atoms with Crippen LogP contribution < -0.4 is 11.1 Å². The summed E-state index contributed by atoms with van der Waals surface area (Å²) in [7, 11) is 0. The van der Waals surface area contributed by atoms with Crippen molar-refractivity contribution in [2.75, 3.05) is 5.32 Å². The van der Waals surface area contributed by atoms with Crippen LogP contribution in [0.25, 0.3) is 11.1 Å². The van der Waals surface area contributed by atoms with Gasteiger partial charge in [-0.1, -0.05) is 44.0 Å². The van der Waals surface area contributed by atoms with Crippen LogP contribution in [0.3, 0.4) is 0 Å². The second-order valence-corrected chi connectivity index (χ2v) is 8.70. The average molecular weight is 415 g/mol. The Hall–Kier alpha value is -2.67. The van der Waals surface area contributed by atoms with Crippen LogP contribution in [-0.2, 0) is 16.0 Å². The van der Waals surface area contributed by atoms with E-state index in [4.69, 9.17) is 5.73 Å². The van der Waals surface area contributed by atoms with E-state index in [0.717, 1.165) is 35.3 Å². The van der Waals surface area contributed by atoms with Crippen molar-refractivity contribution in [3.05, 3.63) is 40.3 Å². The maximum atomic E-state index is 12.9. The number of carbonyl (C=O) groups is 3. The van der Waals surface area contributed by atoms with Crippen molar-refractivity contribution in [2.45, 2.75) is 46.0 Å². The van der Waals surface area contributed by atoms with Gasteiger partial charge < -0.3 is 16.2 Å². The lowest BCUT2D eigenvalue weighted by Gasteiger charge is -2.27. The molecule has 1 saturated carbocycles.